The highest BCUT2D eigenvalue weighted by molar-refractivity contribution is 5.50. The molecule has 1 atom stereocenters. The molecular weight excluding hydrogens is 248 g/mol. The zero-order valence-electron chi connectivity index (χ0n) is 12.7. The molecule has 1 aromatic heterocycles. The van der Waals surface area contributed by atoms with Crippen molar-refractivity contribution in [2.75, 3.05) is 23.3 Å². The number of piperidine rings is 1. The van der Waals surface area contributed by atoms with Crippen LogP contribution in [0.4, 0.5) is 11.6 Å². The molecule has 1 unspecified atom stereocenters. The lowest BCUT2D eigenvalue weighted by Crippen LogP contribution is -2.35. The molecule has 4 heteroatoms. The molecule has 20 heavy (non-hydrogen) atoms. The van der Waals surface area contributed by atoms with Gasteiger partial charge in [0.15, 0.2) is 0 Å². The molecule has 1 saturated heterocycles. The van der Waals surface area contributed by atoms with Gasteiger partial charge < -0.3 is 10.2 Å². The summed E-state index contributed by atoms with van der Waals surface area (Å²) in [5.74, 6) is 3.76. The van der Waals surface area contributed by atoms with Crippen LogP contribution in [0, 0.1) is 12.8 Å². The van der Waals surface area contributed by atoms with Crippen LogP contribution in [0.2, 0.25) is 0 Å². The number of rotatable bonds is 3. The highest BCUT2D eigenvalue weighted by Crippen LogP contribution is 2.25. The van der Waals surface area contributed by atoms with E-state index in [4.69, 9.17) is 0 Å². The molecule has 0 aromatic carbocycles. The Balaban J connectivity index is 1.75. The van der Waals surface area contributed by atoms with Crippen molar-refractivity contribution in [2.24, 2.45) is 5.92 Å². The lowest BCUT2D eigenvalue weighted by molar-refractivity contribution is 0.444. The summed E-state index contributed by atoms with van der Waals surface area (Å²) < 4.78 is 0. The summed E-state index contributed by atoms with van der Waals surface area (Å²) in [6.45, 7) is 6.58. The van der Waals surface area contributed by atoms with Crippen LogP contribution in [0.3, 0.4) is 0 Å². The molecule has 0 spiro atoms. The number of aromatic nitrogens is 2. The van der Waals surface area contributed by atoms with E-state index in [0.717, 1.165) is 36.5 Å². The molecule has 2 heterocycles. The van der Waals surface area contributed by atoms with Gasteiger partial charge in [0.25, 0.3) is 0 Å². The fraction of sp³-hybridized carbons (Fsp3) is 0.750. The van der Waals surface area contributed by atoms with Gasteiger partial charge in [0.2, 0.25) is 0 Å². The third-order valence-corrected chi connectivity index (χ3v) is 4.51. The molecule has 1 N–H and O–H groups in total. The van der Waals surface area contributed by atoms with E-state index in [2.05, 4.69) is 33.2 Å². The maximum absolute atomic E-state index is 4.64. The lowest BCUT2D eigenvalue weighted by Gasteiger charge is -2.32. The predicted octanol–water partition coefficient (Wildman–Crippen LogP) is 3.38. The molecule has 0 amide bonds. The van der Waals surface area contributed by atoms with Crippen molar-refractivity contribution in [2.45, 2.75) is 58.4 Å². The number of nitrogens with one attached hydrogen (secondary N) is 1. The van der Waals surface area contributed by atoms with Gasteiger partial charge in [-0.25, -0.2) is 9.97 Å². The minimum Gasteiger partial charge on any atom is -0.367 e. The molecule has 2 aliphatic rings. The molecule has 0 radical (unpaired) electrons. The van der Waals surface area contributed by atoms with Gasteiger partial charge in [-0.15, -0.1) is 0 Å². The summed E-state index contributed by atoms with van der Waals surface area (Å²) in [4.78, 5) is 11.6. The second-order valence-corrected chi connectivity index (χ2v) is 6.48. The Morgan fingerprint density at radius 2 is 1.95 bits per heavy atom. The van der Waals surface area contributed by atoms with Crippen molar-refractivity contribution in [1.29, 1.82) is 0 Å². The van der Waals surface area contributed by atoms with Crippen LogP contribution < -0.4 is 10.2 Å². The van der Waals surface area contributed by atoms with Gasteiger partial charge in [-0.3, -0.25) is 0 Å². The molecule has 1 saturated carbocycles. The van der Waals surface area contributed by atoms with E-state index in [1.54, 1.807) is 0 Å². The fourth-order valence-corrected chi connectivity index (χ4v) is 3.46. The summed E-state index contributed by atoms with van der Waals surface area (Å²) in [5.41, 5.74) is 0. The van der Waals surface area contributed by atoms with Crippen molar-refractivity contribution in [3.05, 3.63) is 11.9 Å². The third kappa shape index (κ3) is 3.22. The second kappa shape index (κ2) is 5.98. The molecular formula is C16H26N4. The van der Waals surface area contributed by atoms with Crippen LogP contribution in [0.5, 0.6) is 0 Å². The van der Waals surface area contributed by atoms with Gasteiger partial charge in [-0.2, -0.15) is 0 Å². The second-order valence-electron chi connectivity index (χ2n) is 6.48. The molecule has 1 aliphatic carbocycles. The van der Waals surface area contributed by atoms with Crippen molar-refractivity contribution in [3.8, 4) is 0 Å². The van der Waals surface area contributed by atoms with E-state index in [1.807, 2.05) is 6.92 Å². The fourth-order valence-electron chi connectivity index (χ4n) is 3.46. The normalized spacial score (nSPS) is 24.1. The van der Waals surface area contributed by atoms with Crippen LogP contribution in [0.15, 0.2) is 6.07 Å². The first-order valence-corrected chi connectivity index (χ1v) is 8.08. The summed E-state index contributed by atoms with van der Waals surface area (Å²) in [6, 6.07) is 2.75. The SMILES string of the molecule is Cc1nc(NC2CCCC2)cc(N2CCCC(C)C2)n1. The van der Waals surface area contributed by atoms with E-state index < -0.39 is 0 Å². The quantitative estimate of drug-likeness (QED) is 0.917. The van der Waals surface area contributed by atoms with Gasteiger partial charge in [-0.05, 0) is 38.5 Å². The molecule has 0 bridgehead atoms. The number of anilines is 2. The lowest BCUT2D eigenvalue weighted by atomic mass is 10.0. The molecule has 1 aliphatic heterocycles. The van der Waals surface area contributed by atoms with Crippen molar-refractivity contribution in [1.82, 2.24) is 9.97 Å². The number of hydrogen-bond donors (Lipinski definition) is 1. The van der Waals surface area contributed by atoms with Gasteiger partial charge in [0.1, 0.15) is 17.5 Å². The zero-order valence-corrected chi connectivity index (χ0v) is 12.7. The van der Waals surface area contributed by atoms with E-state index in [0.29, 0.717) is 6.04 Å². The van der Waals surface area contributed by atoms with Gasteiger partial charge in [0.05, 0.1) is 0 Å². The number of hydrogen-bond acceptors (Lipinski definition) is 4. The maximum atomic E-state index is 4.64. The monoisotopic (exact) mass is 274 g/mol. The van der Waals surface area contributed by atoms with Gasteiger partial charge in [0, 0.05) is 25.2 Å². The van der Waals surface area contributed by atoms with E-state index in [-0.39, 0.29) is 0 Å². The standard InChI is InChI=1S/C16H26N4/c1-12-6-5-9-20(11-12)16-10-15(17-13(2)18-16)19-14-7-3-4-8-14/h10,12,14H,3-9,11H2,1-2H3,(H,17,18,19). The Bertz CT molecular complexity index is 454. The Morgan fingerprint density at radius 3 is 2.70 bits per heavy atom. The minimum absolute atomic E-state index is 0.609. The topological polar surface area (TPSA) is 41.1 Å². The van der Waals surface area contributed by atoms with Crippen LogP contribution >= 0.6 is 0 Å². The van der Waals surface area contributed by atoms with Crippen molar-refractivity contribution in [3.63, 3.8) is 0 Å². The molecule has 110 valence electrons. The summed E-state index contributed by atoms with van der Waals surface area (Å²) >= 11 is 0. The summed E-state index contributed by atoms with van der Waals surface area (Å²) in [6.07, 6.45) is 7.86. The largest absolute Gasteiger partial charge is 0.367 e. The zero-order chi connectivity index (χ0) is 13.9. The first-order chi connectivity index (χ1) is 9.70. The van der Waals surface area contributed by atoms with Gasteiger partial charge >= 0.3 is 0 Å². The predicted molar refractivity (Wildman–Crippen MR) is 83.3 cm³/mol. The molecule has 4 nitrogen and oxygen atoms in total. The minimum atomic E-state index is 0.609. The van der Waals surface area contributed by atoms with Crippen LogP contribution in [-0.2, 0) is 0 Å². The van der Waals surface area contributed by atoms with E-state index >= 15 is 0 Å². The number of aryl methyl sites for hydroxylation is 1. The van der Waals surface area contributed by atoms with Crippen LogP contribution in [0.25, 0.3) is 0 Å². The Morgan fingerprint density at radius 1 is 1.15 bits per heavy atom. The van der Waals surface area contributed by atoms with Crippen LogP contribution in [-0.4, -0.2) is 29.1 Å². The smallest absolute Gasteiger partial charge is 0.134 e. The van der Waals surface area contributed by atoms with Crippen molar-refractivity contribution < 1.29 is 0 Å². The van der Waals surface area contributed by atoms with E-state index in [9.17, 15) is 0 Å². The van der Waals surface area contributed by atoms with Gasteiger partial charge in [-0.1, -0.05) is 19.8 Å². The maximum Gasteiger partial charge on any atom is 0.134 e. The molecule has 2 fully saturated rings. The van der Waals surface area contributed by atoms with E-state index in [1.165, 1.54) is 38.5 Å². The average molecular weight is 274 g/mol. The highest BCUT2D eigenvalue weighted by atomic mass is 15.2. The Labute approximate surface area is 122 Å². The first-order valence-electron chi connectivity index (χ1n) is 8.08. The highest BCUT2D eigenvalue weighted by Gasteiger charge is 2.20. The summed E-state index contributed by atoms with van der Waals surface area (Å²) in [5, 5.41) is 3.59. The number of nitrogens with zero attached hydrogens (tertiary/aromatic N) is 3. The molecule has 3 rings (SSSR count). The Kier molecular flexibility index (Phi) is 4.08. The van der Waals surface area contributed by atoms with Crippen molar-refractivity contribution >= 4 is 11.6 Å². The first kappa shape index (κ1) is 13.7. The Hall–Kier alpha value is -1.32. The third-order valence-electron chi connectivity index (χ3n) is 4.51. The molecule has 1 aromatic rings. The summed E-state index contributed by atoms with van der Waals surface area (Å²) in [7, 11) is 0. The average Bonchev–Trinajstić information content (AvgIpc) is 2.91. The van der Waals surface area contributed by atoms with Crippen LogP contribution in [0.1, 0.15) is 51.3 Å².